The maximum atomic E-state index is 14.5. The third-order valence-electron chi connectivity index (χ3n) is 12.2. The number of esters is 1. The van der Waals surface area contributed by atoms with E-state index in [-0.39, 0.29) is 49.0 Å². The van der Waals surface area contributed by atoms with E-state index in [1.165, 1.54) is 13.8 Å². The molecule has 0 saturated heterocycles. The Bertz CT molecular complexity index is 1220. The fourth-order valence-electron chi connectivity index (χ4n) is 9.40. The Morgan fingerprint density at radius 1 is 1.00 bits per heavy atom. The van der Waals surface area contributed by atoms with Gasteiger partial charge in [-0.3, -0.25) is 24.0 Å². The molecule has 4 aliphatic rings. The topological polar surface area (TPSA) is 155 Å². The molecule has 4 aliphatic carbocycles. The normalized spacial score (nSPS) is 41.2. The Kier molecular flexibility index (Phi) is 7.78. The Morgan fingerprint density at radius 3 is 2.17 bits per heavy atom. The van der Waals surface area contributed by atoms with Crippen LogP contribution in [0.25, 0.3) is 0 Å². The Morgan fingerprint density at radius 2 is 1.61 bits per heavy atom. The first-order valence-electron chi connectivity index (χ1n) is 14.9. The molecule has 0 aromatic carbocycles. The zero-order valence-electron chi connectivity index (χ0n) is 25.6. The summed E-state index contributed by atoms with van der Waals surface area (Å²) in [5.41, 5.74) is -2.60. The molecular formula is C32H46O9. The average molecular weight is 575 g/mol. The standard InChI is InChI=1S/C32H46O9/c1-15(28(39)40)11-18(34)12-21(41-17(3)33)19-13-24(37)32(8)25-20(35)14-22-29(4,5)23(36)9-10-30(22,6)26(25)27(38)16(2)31(19,32)7/h15-16,19,21-24,36-37H,9-14H2,1-8H3,(H,39,40)/t15?,16?,19?,21-,22?,23+,24-,30?,31?,32+/m1/s1. The third kappa shape index (κ3) is 4.36. The van der Waals surface area contributed by atoms with Crippen molar-refractivity contribution in [3.05, 3.63) is 11.1 Å². The molecule has 228 valence electrons. The number of Topliss-reactive ketones (excluding diaryl/α,β-unsaturated/α-hetero) is 3. The van der Waals surface area contributed by atoms with Gasteiger partial charge in [0.2, 0.25) is 0 Å². The van der Waals surface area contributed by atoms with Crippen molar-refractivity contribution in [3.8, 4) is 0 Å². The Hall–Kier alpha value is -2.39. The van der Waals surface area contributed by atoms with Crippen molar-refractivity contribution in [2.75, 3.05) is 0 Å². The lowest BCUT2D eigenvalue weighted by molar-refractivity contribution is -0.161. The van der Waals surface area contributed by atoms with Crippen molar-refractivity contribution in [1.29, 1.82) is 0 Å². The summed E-state index contributed by atoms with van der Waals surface area (Å²) in [6.45, 7) is 14.1. The fraction of sp³-hybridized carbons (Fsp3) is 0.781. The van der Waals surface area contributed by atoms with Gasteiger partial charge in [0, 0.05) is 60.0 Å². The van der Waals surface area contributed by atoms with Gasteiger partial charge in [0.25, 0.3) is 0 Å². The lowest BCUT2D eigenvalue weighted by atomic mass is 9.41. The van der Waals surface area contributed by atoms with E-state index in [4.69, 9.17) is 4.74 Å². The molecule has 9 heteroatoms. The number of ketones is 3. The quantitative estimate of drug-likeness (QED) is 0.386. The summed E-state index contributed by atoms with van der Waals surface area (Å²) in [5, 5.41) is 31.9. The van der Waals surface area contributed by atoms with Gasteiger partial charge >= 0.3 is 11.9 Å². The molecule has 2 saturated carbocycles. The number of carboxylic acid groups (broad SMARTS) is 1. The van der Waals surface area contributed by atoms with E-state index in [0.717, 1.165) is 0 Å². The molecule has 0 heterocycles. The highest BCUT2D eigenvalue weighted by Gasteiger charge is 2.73. The maximum Gasteiger partial charge on any atom is 0.306 e. The molecule has 2 fully saturated rings. The van der Waals surface area contributed by atoms with Crippen molar-refractivity contribution in [1.82, 2.24) is 0 Å². The predicted octanol–water partition coefficient (Wildman–Crippen LogP) is 3.67. The van der Waals surface area contributed by atoms with Gasteiger partial charge in [-0.1, -0.05) is 48.5 Å². The molecule has 10 atom stereocenters. The zero-order valence-corrected chi connectivity index (χ0v) is 25.6. The molecule has 6 unspecified atom stereocenters. The second kappa shape index (κ2) is 10.1. The van der Waals surface area contributed by atoms with Crippen LogP contribution in [0, 0.1) is 45.3 Å². The smallest absolute Gasteiger partial charge is 0.306 e. The number of carboxylic acids is 1. The Balaban J connectivity index is 1.85. The third-order valence-corrected chi connectivity index (χ3v) is 12.2. The van der Waals surface area contributed by atoms with Gasteiger partial charge in [-0.05, 0) is 36.0 Å². The number of ether oxygens (including phenoxy) is 1. The van der Waals surface area contributed by atoms with E-state index in [1.54, 1.807) is 6.92 Å². The van der Waals surface area contributed by atoms with Crippen molar-refractivity contribution < 1.29 is 44.0 Å². The van der Waals surface area contributed by atoms with Gasteiger partial charge in [0.1, 0.15) is 11.9 Å². The molecule has 41 heavy (non-hydrogen) atoms. The summed E-state index contributed by atoms with van der Waals surface area (Å²) >= 11 is 0. The number of hydrogen-bond acceptors (Lipinski definition) is 8. The molecule has 4 rings (SSSR count). The van der Waals surface area contributed by atoms with Crippen molar-refractivity contribution >= 4 is 29.3 Å². The molecule has 0 aromatic heterocycles. The van der Waals surface area contributed by atoms with Crippen LogP contribution in [0.5, 0.6) is 0 Å². The second-order valence-electron chi connectivity index (χ2n) is 14.5. The SMILES string of the molecule is CC(=O)O[C@H](CC(=O)CC(C)C(=O)O)C1C[C@@H](O)[C@@]2(C)C3=C(C(=O)C(C)C12C)C1(C)CC[C@H](O)C(C)(C)C1CC3=O. The van der Waals surface area contributed by atoms with Crippen molar-refractivity contribution in [3.63, 3.8) is 0 Å². The average Bonchev–Trinajstić information content (AvgIpc) is 3.07. The molecule has 0 aromatic rings. The maximum absolute atomic E-state index is 14.5. The first-order chi connectivity index (χ1) is 18.8. The number of aliphatic hydroxyl groups excluding tert-OH is 2. The molecule has 0 spiro atoms. The van der Waals surface area contributed by atoms with Gasteiger partial charge in [0.15, 0.2) is 11.6 Å². The van der Waals surface area contributed by atoms with Crippen LogP contribution in [-0.2, 0) is 28.7 Å². The lowest BCUT2D eigenvalue weighted by Crippen LogP contribution is -2.62. The fourth-order valence-corrected chi connectivity index (χ4v) is 9.40. The number of carbonyl (C=O) groups excluding carboxylic acids is 4. The summed E-state index contributed by atoms with van der Waals surface area (Å²) in [5.74, 6) is -4.94. The minimum atomic E-state index is -1.15. The molecule has 3 N–H and O–H groups in total. The molecule has 0 amide bonds. The first kappa shape index (κ1) is 31.5. The summed E-state index contributed by atoms with van der Waals surface area (Å²) in [7, 11) is 0. The van der Waals surface area contributed by atoms with Gasteiger partial charge in [-0.15, -0.1) is 0 Å². The number of aliphatic hydroxyl groups is 2. The highest BCUT2D eigenvalue weighted by atomic mass is 16.5. The monoisotopic (exact) mass is 574 g/mol. The molecule has 0 bridgehead atoms. The van der Waals surface area contributed by atoms with Crippen LogP contribution in [0.2, 0.25) is 0 Å². The van der Waals surface area contributed by atoms with Crippen molar-refractivity contribution in [2.24, 2.45) is 45.3 Å². The highest BCUT2D eigenvalue weighted by Crippen LogP contribution is 2.72. The van der Waals surface area contributed by atoms with Crippen LogP contribution < -0.4 is 0 Å². The summed E-state index contributed by atoms with van der Waals surface area (Å²) in [4.78, 5) is 65.2. The zero-order chi connectivity index (χ0) is 31.0. The van der Waals surface area contributed by atoms with Gasteiger partial charge in [-0.25, -0.2) is 0 Å². The molecule has 0 aliphatic heterocycles. The van der Waals surface area contributed by atoms with Crippen LogP contribution in [0.1, 0.15) is 93.9 Å². The Labute approximate surface area is 242 Å². The second-order valence-corrected chi connectivity index (χ2v) is 14.5. The number of rotatable bonds is 7. The van der Waals surface area contributed by atoms with E-state index < -0.39 is 69.7 Å². The van der Waals surface area contributed by atoms with Crippen LogP contribution in [0.3, 0.4) is 0 Å². The molecule has 9 nitrogen and oxygen atoms in total. The van der Waals surface area contributed by atoms with Crippen LogP contribution >= 0.6 is 0 Å². The number of fused-ring (bicyclic) bond motifs is 4. The van der Waals surface area contributed by atoms with Gasteiger partial charge in [-0.2, -0.15) is 0 Å². The number of hydrogen-bond donors (Lipinski definition) is 3. The minimum absolute atomic E-state index is 0.110. The van der Waals surface area contributed by atoms with E-state index in [2.05, 4.69) is 0 Å². The van der Waals surface area contributed by atoms with Crippen LogP contribution in [0.15, 0.2) is 11.1 Å². The van der Waals surface area contributed by atoms with E-state index in [1.807, 2.05) is 34.6 Å². The summed E-state index contributed by atoms with van der Waals surface area (Å²) in [6.07, 6.45) is -1.81. The van der Waals surface area contributed by atoms with Crippen LogP contribution in [-0.4, -0.2) is 62.9 Å². The van der Waals surface area contributed by atoms with Crippen molar-refractivity contribution in [2.45, 2.75) is 112 Å². The van der Waals surface area contributed by atoms with Gasteiger partial charge in [0.05, 0.1) is 18.1 Å². The lowest BCUT2D eigenvalue weighted by Gasteiger charge is -2.62. The largest absolute Gasteiger partial charge is 0.481 e. The van der Waals surface area contributed by atoms with E-state index >= 15 is 0 Å². The predicted molar refractivity (Wildman–Crippen MR) is 148 cm³/mol. The number of aliphatic carboxylic acids is 1. The summed E-state index contributed by atoms with van der Waals surface area (Å²) in [6, 6.07) is 0. The highest BCUT2D eigenvalue weighted by molar-refractivity contribution is 6.12. The molecule has 0 radical (unpaired) electrons. The van der Waals surface area contributed by atoms with E-state index in [0.29, 0.717) is 24.0 Å². The van der Waals surface area contributed by atoms with E-state index in [9.17, 15) is 39.3 Å². The van der Waals surface area contributed by atoms with Gasteiger partial charge < -0.3 is 20.1 Å². The number of carbonyl (C=O) groups is 5. The first-order valence-corrected chi connectivity index (χ1v) is 14.9. The number of allylic oxidation sites excluding steroid dienone is 1. The minimum Gasteiger partial charge on any atom is -0.481 e. The molecular weight excluding hydrogens is 528 g/mol. The van der Waals surface area contributed by atoms with Crippen LogP contribution in [0.4, 0.5) is 0 Å². The summed E-state index contributed by atoms with van der Waals surface area (Å²) < 4.78 is 5.69.